The van der Waals surface area contributed by atoms with Gasteiger partial charge in [-0.25, -0.2) is 17.2 Å². The minimum absolute atomic E-state index is 0.140. The third kappa shape index (κ3) is 6.09. The molecule has 2 aromatic carbocycles. The minimum Gasteiger partial charge on any atom is -0.342 e. The quantitative estimate of drug-likeness (QED) is 0.222. The van der Waals surface area contributed by atoms with E-state index in [0.717, 1.165) is 23.8 Å². The van der Waals surface area contributed by atoms with E-state index in [9.17, 15) is 35.2 Å². The number of likely N-dealkylation sites (tertiary alicyclic amines) is 1. The first-order valence-corrected chi connectivity index (χ1v) is 14.6. The van der Waals surface area contributed by atoms with Gasteiger partial charge in [0.2, 0.25) is 15.9 Å². The number of sulfonamides is 1. The Bertz CT molecular complexity index is 1400. The van der Waals surface area contributed by atoms with Gasteiger partial charge in [-0.3, -0.25) is 4.79 Å². The topological polar surface area (TPSA) is 57.7 Å². The van der Waals surface area contributed by atoms with Gasteiger partial charge in [0, 0.05) is 36.0 Å². The summed E-state index contributed by atoms with van der Waals surface area (Å²) in [6.07, 6.45) is -3.40. The molecule has 0 aromatic heterocycles. The normalized spacial score (nSPS) is 20.9. The summed E-state index contributed by atoms with van der Waals surface area (Å²) in [5, 5.41) is 0.205. The predicted molar refractivity (Wildman–Crippen MR) is 139 cm³/mol. The Morgan fingerprint density at radius 2 is 1.72 bits per heavy atom. The summed E-state index contributed by atoms with van der Waals surface area (Å²) in [5.41, 5.74) is 0.956. The number of halogens is 6. The van der Waals surface area contributed by atoms with Crippen LogP contribution >= 0.6 is 11.6 Å². The number of anilines is 1. The van der Waals surface area contributed by atoms with Gasteiger partial charge in [0.25, 0.3) is 0 Å². The maximum atomic E-state index is 14.5. The van der Waals surface area contributed by atoms with Gasteiger partial charge in [-0.2, -0.15) is 4.31 Å². The van der Waals surface area contributed by atoms with Crippen LogP contribution in [0.1, 0.15) is 54.2 Å². The zero-order chi connectivity index (χ0) is 28.9. The molecule has 0 bridgehead atoms. The minimum atomic E-state index is -5.19. The fraction of sp³-hybridized carbons (Fsp3) is 0.444. The highest BCUT2D eigenvalue weighted by molar-refractivity contribution is 7.92. The summed E-state index contributed by atoms with van der Waals surface area (Å²) < 4.78 is 93.5. The number of alkyl halides is 3. The molecule has 2 aromatic rings. The van der Waals surface area contributed by atoms with Crippen molar-refractivity contribution in [3.8, 4) is 0 Å². The lowest BCUT2D eigenvalue weighted by molar-refractivity contribution is -0.136. The van der Waals surface area contributed by atoms with E-state index in [1.165, 1.54) is 19.1 Å². The molecular weight excluding hydrogens is 563 g/mol. The van der Waals surface area contributed by atoms with E-state index in [0.29, 0.717) is 24.7 Å². The third-order valence-electron chi connectivity index (χ3n) is 7.52. The van der Waals surface area contributed by atoms with Crippen molar-refractivity contribution in [3.63, 3.8) is 0 Å². The summed E-state index contributed by atoms with van der Waals surface area (Å²) in [6.45, 7) is 5.87. The van der Waals surface area contributed by atoms with Crippen molar-refractivity contribution in [2.24, 2.45) is 5.92 Å². The molecule has 0 radical (unpaired) electrons. The molecule has 5 nitrogen and oxygen atoms in total. The van der Waals surface area contributed by atoms with Crippen molar-refractivity contribution in [2.45, 2.75) is 50.7 Å². The van der Waals surface area contributed by atoms with E-state index in [4.69, 9.17) is 11.6 Å². The monoisotopic (exact) mass is 590 g/mol. The lowest BCUT2D eigenvalue weighted by Gasteiger charge is -2.37. The second kappa shape index (κ2) is 10.7. The molecule has 1 amide bonds. The molecular formula is C27H28ClF5N2O3S. The number of piperidine rings is 1. The van der Waals surface area contributed by atoms with E-state index in [1.807, 2.05) is 0 Å². The second-order valence-corrected chi connectivity index (χ2v) is 12.5. The zero-order valence-electron chi connectivity index (χ0n) is 21.4. The average molecular weight is 591 g/mol. The Hall–Kier alpha value is -2.66. The van der Waals surface area contributed by atoms with Gasteiger partial charge in [-0.15, -0.1) is 13.2 Å². The van der Waals surface area contributed by atoms with Crippen molar-refractivity contribution in [1.82, 2.24) is 4.90 Å². The van der Waals surface area contributed by atoms with Crippen LogP contribution in [0.2, 0.25) is 5.02 Å². The van der Waals surface area contributed by atoms with Crippen molar-refractivity contribution in [1.29, 1.82) is 0 Å². The number of aryl methyl sites for hydroxylation is 1. The number of allylic oxidation sites excluding steroid dienone is 1. The molecule has 12 heteroatoms. The maximum absolute atomic E-state index is 14.5. The second-order valence-electron chi connectivity index (χ2n) is 10.3. The lowest BCUT2D eigenvalue weighted by Crippen LogP contribution is -2.44. The molecule has 1 saturated heterocycles. The Morgan fingerprint density at radius 1 is 1.08 bits per heavy atom. The maximum Gasteiger partial charge on any atom is 0.498 e. The molecule has 39 heavy (non-hydrogen) atoms. The molecule has 1 aliphatic carbocycles. The van der Waals surface area contributed by atoms with Gasteiger partial charge in [-0.05, 0) is 73.4 Å². The number of carbonyl (C=O) groups is 1. The number of benzene rings is 2. The molecule has 212 valence electrons. The van der Waals surface area contributed by atoms with Crippen molar-refractivity contribution < 1.29 is 35.2 Å². The number of nitrogens with zero attached hydrogens (tertiary/aromatic N) is 2. The van der Waals surface area contributed by atoms with Crippen LogP contribution in [0.15, 0.2) is 42.5 Å². The van der Waals surface area contributed by atoms with Gasteiger partial charge in [-0.1, -0.05) is 29.8 Å². The SMILES string of the molecule is C=C1CC(C(=O)N2CCC(c3cc(Cl)c(C)cc3N(C(F)(F)F)S(C)(=O)=O)CC2)[C@H](c2ccc(F)cc2F)C1. The lowest BCUT2D eigenvalue weighted by atomic mass is 9.85. The van der Waals surface area contributed by atoms with Crippen LogP contribution < -0.4 is 4.31 Å². The molecule has 1 saturated carbocycles. The van der Waals surface area contributed by atoms with Gasteiger partial charge in [0.1, 0.15) is 11.6 Å². The number of hydrogen-bond acceptors (Lipinski definition) is 3. The van der Waals surface area contributed by atoms with Gasteiger partial charge < -0.3 is 4.90 Å². The first kappa shape index (κ1) is 29.3. The van der Waals surface area contributed by atoms with Crippen molar-refractivity contribution in [3.05, 3.63) is 75.8 Å². The highest BCUT2D eigenvalue weighted by Crippen LogP contribution is 2.46. The molecule has 0 spiro atoms. The molecule has 1 heterocycles. The van der Waals surface area contributed by atoms with Crippen LogP contribution in [0, 0.1) is 24.5 Å². The van der Waals surface area contributed by atoms with Crippen LogP contribution in [0.3, 0.4) is 0 Å². The summed E-state index contributed by atoms with van der Waals surface area (Å²) in [5.74, 6) is -3.25. The van der Waals surface area contributed by atoms with Crippen LogP contribution in [0.25, 0.3) is 0 Å². The number of amides is 1. The summed E-state index contributed by atoms with van der Waals surface area (Å²) in [6, 6.07) is 5.77. The largest absolute Gasteiger partial charge is 0.498 e. The Balaban J connectivity index is 1.57. The highest BCUT2D eigenvalue weighted by atomic mass is 35.5. The van der Waals surface area contributed by atoms with Crippen LogP contribution in [-0.4, -0.2) is 44.9 Å². The van der Waals surface area contributed by atoms with Gasteiger partial charge in [0.05, 0.1) is 11.9 Å². The highest BCUT2D eigenvalue weighted by Gasteiger charge is 2.46. The zero-order valence-corrected chi connectivity index (χ0v) is 22.9. The summed E-state index contributed by atoms with van der Waals surface area (Å²) in [7, 11) is -4.71. The van der Waals surface area contributed by atoms with Crippen LogP contribution in [0.4, 0.5) is 27.6 Å². The molecule has 4 rings (SSSR count). The first-order chi connectivity index (χ1) is 18.1. The van der Waals surface area contributed by atoms with E-state index in [2.05, 4.69) is 6.58 Å². The van der Waals surface area contributed by atoms with E-state index in [-0.39, 0.29) is 48.0 Å². The summed E-state index contributed by atoms with van der Waals surface area (Å²) in [4.78, 5) is 15.1. The Kier molecular flexibility index (Phi) is 8.06. The van der Waals surface area contributed by atoms with E-state index < -0.39 is 55.7 Å². The molecule has 2 fully saturated rings. The smallest absolute Gasteiger partial charge is 0.342 e. The molecule has 1 aliphatic heterocycles. The third-order valence-corrected chi connectivity index (χ3v) is 8.99. The van der Waals surface area contributed by atoms with Crippen molar-refractivity contribution >= 4 is 33.2 Å². The Morgan fingerprint density at radius 3 is 2.28 bits per heavy atom. The fourth-order valence-electron chi connectivity index (χ4n) is 5.71. The number of hydrogen-bond donors (Lipinski definition) is 0. The van der Waals surface area contributed by atoms with Crippen LogP contribution in [-0.2, 0) is 14.8 Å². The fourth-order valence-corrected chi connectivity index (χ4v) is 6.77. The number of carbonyl (C=O) groups excluding carboxylic acids is 1. The van der Waals surface area contributed by atoms with Crippen LogP contribution in [0.5, 0.6) is 0 Å². The predicted octanol–water partition coefficient (Wildman–Crippen LogP) is 6.67. The first-order valence-electron chi connectivity index (χ1n) is 12.4. The Labute approximate surface area is 229 Å². The van der Waals surface area contributed by atoms with Crippen molar-refractivity contribution in [2.75, 3.05) is 23.7 Å². The molecule has 0 N–H and O–H groups in total. The molecule has 2 aliphatic rings. The van der Waals surface area contributed by atoms with E-state index in [1.54, 1.807) is 4.90 Å². The van der Waals surface area contributed by atoms with Gasteiger partial charge in [0.15, 0.2) is 0 Å². The number of rotatable bonds is 5. The van der Waals surface area contributed by atoms with E-state index >= 15 is 0 Å². The average Bonchev–Trinajstić information content (AvgIpc) is 3.20. The standard InChI is InChI=1S/C27H28ClF5N2O3S/c1-15-10-21(19-5-4-18(29)13-24(19)30)22(11-15)26(36)34-8-6-17(7-9-34)20-14-23(28)16(2)12-25(20)35(27(31,32)33)39(3,37)38/h4-5,12-14,17,21-22H,1,6-11H2,2-3H3/t21-,22?/m0/s1. The molecule has 2 atom stereocenters. The van der Waals surface area contributed by atoms with Gasteiger partial charge >= 0.3 is 6.30 Å². The molecule has 1 unspecified atom stereocenters. The summed E-state index contributed by atoms with van der Waals surface area (Å²) >= 11 is 6.24.